The number of benzene rings is 1. The molecule has 0 bridgehead atoms. The van der Waals surface area contributed by atoms with Gasteiger partial charge in [-0.2, -0.15) is 0 Å². The highest BCUT2D eigenvalue weighted by atomic mass is 16.5. The van der Waals surface area contributed by atoms with Gasteiger partial charge in [-0.05, 0) is 25.0 Å². The second kappa shape index (κ2) is 5.93. The maximum Gasteiger partial charge on any atom is 0.255 e. The first-order valence-electron chi connectivity index (χ1n) is 6.51. The highest BCUT2D eigenvalue weighted by Gasteiger charge is 2.25. The summed E-state index contributed by atoms with van der Waals surface area (Å²) < 4.78 is 5.15. The SMILES string of the molecule is COc1cc(N)ccc1C(=O)NCC1CCCC1O. The van der Waals surface area contributed by atoms with Crippen LogP contribution in [0.3, 0.4) is 0 Å². The smallest absolute Gasteiger partial charge is 0.255 e. The van der Waals surface area contributed by atoms with E-state index in [4.69, 9.17) is 10.5 Å². The van der Waals surface area contributed by atoms with Crippen molar-refractivity contribution in [2.45, 2.75) is 25.4 Å². The summed E-state index contributed by atoms with van der Waals surface area (Å²) in [6.45, 7) is 0.494. The standard InChI is InChI=1S/C14H20N2O3/c1-19-13-7-10(15)5-6-11(13)14(18)16-8-9-3-2-4-12(9)17/h5-7,9,12,17H,2-4,8,15H2,1H3,(H,16,18). The van der Waals surface area contributed by atoms with Crippen LogP contribution in [-0.2, 0) is 0 Å². The number of carbonyl (C=O) groups is 1. The minimum Gasteiger partial charge on any atom is -0.496 e. The Labute approximate surface area is 112 Å². The normalized spacial score (nSPS) is 22.2. The van der Waals surface area contributed by atoms with Crippen LogP contribution in [0.1, 0.15) is 29.6 Å². The molecule has 0 saturated heterocycles. The zero-order valence-corrected chi connectivity index (χ0v) is 11.1. The minimum absolute atomic E-state index is 0.156. The summed E-state index contributed by atoms with van der Waals surface area (Å²) in [6, 6.07) is 4.94. The van der Waals surface area contributed by atoms with E-state index in [-0.39, 0.29) is 17.9 Å². The molecule has 5 nitrogen and oxygen atoms in total. The molecule has 104 valence electrons. The molecule has 2 rings (SSSR count). The number of rotatable bonds is 4. The Morgan fingerprint density at radius 1 is 1.53 bits per heavy atom. The summed E-state index contributed by atoms with van der Waals surface area (Å²) in [4.78, 5) is 12.1. The second-order valence-corrected chi connectivity index (χ2v) is 4.93. The number of hydrogen-bond donors (Lipinski definition) is 3. The summed E-state index contributed by atoms with van der Waals surface area (Å²) >= 11 is 0. The van der Waals surface area contributed by atoms with E-state index in [9.17, 15) is 9.90 Å². The Morgan fingerprint density at radius 2 is 2.32 bits per heavy atom. The van der Waals surface area contributed by atoms with Crippen molar-refractivity contribution in [3.8, 4) is 5.75 Å². The summed E-state index contributed by atoms with van der Waals surface area (Å²) in [5.41, 5.74) is 6.67. The van der Waals surface area contributed by atoms with Crippen molar-refractivity contribution in [2.75, 3.05) is 19.4 Å². The van der Waals surface area contributed by atoms with E-state index in [1.54, 1.807) is 18.2 Å². The molecule has 19 heavy (non-hydrogen) atoms. The number of nitrogen functional groups attached to an aromatic ring is 1. The lowest BCUT2D eigenvalue weighted by Crippen LogP contribution is -2.32. The van der Waals surface area contributed by atoms with Gasteiger partial charge >= 0.3 is 0 Å². The fourth-order valence-electron chi connectivity index (χ4n) is 2.47. The molecule has 1 aliphatic carbocycles. The van der Waals surface area contributed by atoms with Crippen LogP contribution in [0.25, 0.3) is 0 Å². The van der Waals surface area contributed by atoms with Crippen LogP contribution in [0.15, 0.2) is 18.2 Å². The van der Waals surface area contributed by atoms with E-state index in [1.165, 1.54) is 7.11 Å². The summed E-state index contributed by atoms with van der Waals surface area (Å²) in [7, 11) is 1.51. The van der Waals surface area contributed by atoms with Crippen LogP contribution < -0.4 is 15.8 Å². The van der Waals surface area contributed by atoms with Crippen LogP contribution in [-0.4, -0.2) is 30.8 Å². The molecule has 0 aromatic heterocycles. The molecular formula is C14H20N2O3. The van der Waals surface area contributed by atoms with Crippen LogP contribution in [0, 0.1) is 5.92 Å². The Balaban J connectivity index is 1.99. The number of ether oxygens (including phenoxy) is 1. The van der Waals surface area contributed by atoms with Crippen molar-refractivity contribution in [3.05, 3.63) is 23.8 Å². The van der Waals surface area contributed by atoms with Gasteiger partial charge in [0.15, 0.2) is 0 Å². The maximum absolute atomic E-state index is 12.1. The van der Waals surface area contributed by atoms with Crippen LogP contribution >= 0.6 is 0 Å². The minimum atomic E-state index is -0.298. The highest BCUT2D eigenvalue weighted by molar-refractivity contribution is 5.97. The lowest BCUT2D eigenvalue weighted by molar-refractivity contribution is 0.0914. The number of anilines is 1. The van der Waals surface area contributed by atoms with Crippen molar-refractivity contribution in [1.82, 2.24) is 5.32 Å². The Kier molecular flexibility index (Phi) is 4.27. The number of nitrogens with one attached hydrogen (secondary N) is 1. The number of carbonyl (C=O) groups excluding carboxylic acids is 1. The Bertz CT molecular complexity index is 462. The van der Waals surface area contributed by atoms with E-state index in [0.29, 0.717) is 23.5 Å². The average Bonchev–Trinajstić information content (AvgIpc) is 2.81. The average molecular weight is 264 g/mol. The Morgan fingerprint density at radius 3 is 2.95 bits per heavy atom. The molecule has 5 heteroatoms. The zero-order valence-electron chi connectivity index (χ0n) is 11.1. The van der Waals surface area contributed by atoms with Gasteiger partial charge in [-0.25, -0.2) is 0 Å². The topological polar surface area (TPSA) is 84.6 Å². The number of hydrogen-bond acceptors (Lipinski definition) is 4. The van der Waals surface area contributed by atoms with Crippen molar-refractivity contribution in [2.24, 2.45) is 5.92 Å². The van der Waals surface area contributed by atoms with Crippen LogP contribution in [0.5, 0.6) is 5.75 Å². The second-order valence-electron chi connectivity index (χ2n) is 4.93. The van der Waals surface area contributed by atoms with Gasteiger partial charge in [0, 0.05) is 24.2 Å². The lowest BCUT2D eigenvalue weighted by Gasteiger charge is -2.16. The molecule has 4 N–H and O–H groups in total. The van der Waals surface area contributed by atoms with Gasteiger partial charge in [-0.3, -0.25) is 4.79 Å². The fraction of sp³-hybridized carbons (Fsp3) is 0.500. The first-order valence-corrected chi connectivity index (χ1v) is 6.51. The molecule has 1 amide bonds. The third-order valence-electron chi connectivity index (χ3n) is 3.61. The van der Waals surface area contributed by atoms with Gasteiger partial charge in [0.2, 0.25) is 0 Å². The summed E-state index contributed by atoms with van der Waals surface area (Å²) in [5, 5.41) is 12.6. The van der Waals surface area contributed by atoms with Gasteiger partial charge in [-0.15, -0.1) is 0 Å². The quantitative estimate of drug-likeness (QED) is 0.713. The number of methoxy groups -OCH3 is 1. The molecule has 1 aromatic rings. The van der Waals surface area contributed by atoms with E-state index >= 15 is 0 Å². The van der Waals surface area contributed by atoms with Crippen molar-refractivity contribution in [3.63, 3.8) is 0 Å². The van der Waals surface area contributed by atoms with E-state index < -0.39 is 0 Å². The lowest BCUT2D eigenvalue weighted by atomic mass is 10.1. The first-order chi connectivity index (χ1) is 9.11. The predicted molar refractivity (Wildman–Crippen MR) is 73.1 cm³/mol. The first kappa shape index (κ1) is 13.7. The molecular weight excluding hydrogens is 244 g/mol. The molecule has 0 spiro atoms. The molecule has 0 aliphatic heterocycles. The van der Waals surface area contributed by atoms with Crippen LogP contribution in [0.2, 0.25) is 0 Å². The zero-order chi connectivity index (χ0) is 13.8. The van der Waals surface area contributed by atoms with Gasteiger partial charge < -0.3 is 20.9 Å². The Hall–Kier alpha value is -1.75. The summed E-state index contributed by atoms with van der Waals surface area (Å²) in [6.07, 6.45) is 2.51. The highest BCUT2D eigenvalue weighted by Crippen LogP contribution is 2.25. The number of nitrogens with two attached hydrogens (primary N) is 1. The van der Waals surface area contributed by atoms with E-state index in [1.807, 2.05) is 0 Å². The number of aliphatic hydroxyl groups excluding tert-OH is 1. The van der Waals surface area contributed by atoms with Gasteiger partial charge in [0.25, 0.3) is 5.91 Å². The van der Waals surface area contributed by atoms with Crippen molar-refractivity contribution in [1.29, 1.82) is 0 Å². The molecule has 0 heterocycles. The molecule has 1 aliphatic rings. The van der Waals surface area contributed by atoms with E-state index in [2.05, 4.69) is 5.32 Å². The third-order valence-corrected chi connectivity index (χ3v) is 3.61. The van der Waals surface area contributed by atoms with Gasteiger partial charge in [0.1, 0.15) is 5.75 Å². The predicted octanol–water partition coefficient (Wildman–Crippen LogP) is 1.17. The third kappa shape index (κ3) is 3.17. The molecule has 1 saturated carbocycles. The largest absolute Gasteiger partial charge is 0.496 e. The van der Waals surface area contributed by atoms with Crippen LogP contribution in [0.4, 0.5) is 5.69 Å². The molecule has 2 unspecified atom stereocenters. The molecule has 1 aromatic carbocycles. The van der Waals surface area contributed by atoms with Crippen molar-refractivity contribution >= 4 is 11.6 Å². The maximum atomic E-state index is 12.1. The number of amides is 1. The number of aliphatic hydroxyl groups is 1. The molecule has 1 fully saturated rings. The van der Waals surface area contributed by atoms with Gasteiger partial charge in [0.05, 0.1) is 18.8 Å². The van der Waals surface area contributed by atoms with Gasteiger partial charge in [-0.1, -0.05) is 6.42 Å². The monoisotopic (exact) mass is 264 g/mol. The summed E-state index contributed by atoms with van der Waals surface area (Å²) in [5.74, 6) is 0.421. The van der Waals surface area contributed by atoms with Crippen molar-refractivity contribution < 1.29 is 14.6 Å². The fourth-order valence-corrected chi connectivity index (χ4v) is 2.47. The molecule has 2 atom stereocenters. The molecule has 0 radical (unpaired) electrons. The van der Waals surface area contributed by atoms with E-state index in [0.717, 1.165) is 19.3 Å².